The van der Waals surface area contributed by atoms with Gasteiger partial charge in [0.05, 0.1) is 6.04 Å². The van der Waals surface area contributed by atoms with Crippen molar-refractivity contribution >= 4 is 11.3 Å². The zero-order valence-corrected chi connectivity index (χ0v) is 10.7. The Balaban J connectivity index is 2.54. The molecule has 0 bridgehead atoms. The zero-order valence-electron chi connectivity index (χ0n) is 9.90. The van der Waals surface area contributed by atoms with Crippen LogP contribution in [-0.2, 0) is 0 Å². The van der Waals surface area contributed by atoms with Crippen LogP contribution in [0.15, 0.2) is 6.07 Å². The highest BCUT2D eigenvalue weighted by Gasteiger charge is 2.27. The molecular weight excluding hydrogens is 249 g/mol. The quantitative estimate of drug-likeness (QED) is 0.631. The van der Waals surface area contributed by atoms with Gasteiger partial charge in [-0.15, -0.1) is 11.3 Å². The Morgan fingerprint density at radius 1 is 1.41 bits per heavy atom. The summed E-state index contributed by atoms with van der Waals surface area (Å²) in [6.07, 6.45) is -4.35. The number of rotatable bonds is 5. The van der Waals surface area contributed by atoms with Gasteiger partial charge in [0.25, 0.3) is 0 Å². The largest absolute Gasteiger partial charge is 0.389 e. The molecule has 1 atom stereocenters. The first-order valence-corrected chi connectivity index (χ1v) is 6.25. The fourth-order valence-corrected chi connectivity index (χ4v) is 2.73. The second kappa shape index (κ2) is 5.84. The van der Waals surface area contributed by atoms with Gasteiger partial charge >= 0.3 is 6.18 Å². The van der Waals surface area contributed by atoms with Crippen LogP contribution in [0.5, 0.6) is 0 Å². The van der Waals surface area contributed by atoms with E-state index >= 15 is 0 Å². The van der Waals surface area contributed by atoms with Crippen molar-refractivity contribution in [1.29, 1.82) is 0 Å². The summed E-state index contributed by atoms with van der Waals surface area (Å²) < 4.78 is 36.1. The Hall–Kier alpha value is -0.590. The van der Waals surface area contributed by atoms with Gasteiger partial charge in [-0.2, -0.15) is 13.2 Å². The maximum atomic E-state index is 12.0. The summed E-state index contributed by atoms with van der Waals surface area (Å²) in [4.78, 5) is 2.18. The Morgan fingerprint density at radius 2 is 2.06 bits per heavy atom. The minimum absolute atomic E-state index is 0.0916. The van der Waals surface area contributed by atoms with Crippen molar-refractivity contribution in [2.24, 2.45) is 5.84 Å². The van der Waals surface area contributed by atoms with Crippen LogP contribution in [0.3, 0.4) is 0 Å². The molecule has 0 aliphatic rings. The number of aryl methyl sites for hydroxylation is 2. The first-order valence-electron chi connectivity index (χ1n) is 5.43. The third-order valence-corrected chi connectivity index (χ3v) is 3.95. The highest BCUT2D eigenvalue weighted by molar-refractivity contribution is 7.12. The van der Waals surface area contributed by atoms with Crippen LogP contribution < -0.4 is 11.3 Å². The number of hydrogen-bond acceptors (Lipinski definition) is 3. The minimum Gasteiger partial charge on any atom is -0.271 e. The molecule has 0 spiro atoms. The summed E-state index contributed by atoms with van der Waals surface area (Å²) in [6.45, 7) is 3.98. The Bertz CT molecular complexity index is 341. The fraction of sp³-hybridized carbons (Fsp3) is 0.636. The topological polar surface area (TPSA) is 38.0 Å². The van der Waals surface area contributed by atoms with E-state index in [9.17, 15) is 13.2 Å². The van der Waals surface area contributed by atoms with E-state index in [0.717, 1.165) is 10.4 Å². The summed E-state index contributed by atoms with van der Waals surface area (Å²) >= 11 is 1.58. The van der Waals surface area contributed by atoms with Crippen LogP contribution in [0.1, 0.15) is 40.6 Å². The molecule has 1 aromatic rings. The lowest BCUT2D eigenvalue weighted by Gasteiger charge is -2.14. The maximum Gasteiger partial charge on any atom is 0.389 e. The van der Waals surface area contributed by atoms with Crippen molar-refractivity contribution in [3.63, 3.8) is 0 Å². The Kier molecular flexibility index (Phi) is 4.97. The van der Waals surface area contributed by atoms with Gasteiger partial charge in [-0.3, -0.25) is 11.3 Å². The van der Waals surface area contributed by atoms with Crippen molar-refractivity contribution in [2.75, 3.05) is 0 Å². The van der Waals surface area contributed by atoms with Gasteiger partial charge in [0.2, 0.25) is 0 Å². The molecule has 17 heavy (non-hydrogen) atoms. The van der Waals surface area contributed by atoms with E-state index in [4.69, 9.17) is 5.84 Å². The molecule has 2 nitrogen and oxygen atoms in total. The van der Waals surface area contributed by atoms with Crippen molar-refractivity contribution in [1.82, 2.24) is 5.43 Å². The van der Waals surface area contributed by atoms with E-state index in [1.54, 1.807) is 11.3 Å². The third kappa shape index (κ3) is 4.65. The molecular formula is C11H17F3N2S. The van der Waals surface area contributed by atoms with Gasteiger partial charge in [0.15, 0.2) is 0 Å². The molecule has 0 fully saturated rings. The second-order valence-electron chi connectivity index (χ2n) is 4.11. The fourth-order valence-electron chi connectivity index (χ4n) is 1.59. The number of halogens is 3. The molecule has 6 heteroatoms. The molecule has 98 valence electrons. The molecule has 1 aromatic heterocycles. The zero-order chi connectivity index (χ0) is 13.1. The smallest absolute Gasteiger partial charge is 0.271 e. The van der Waals surface area contributed by atoms with E-state index in [-0.39, 0.29) is 12.5 Å². The molecule has 0 saturated heterocycles. The Labute approximate surface area is 103 Å². The number of hydrogen-bond donors (Lipinski definition) is 2. The van der Waals surface area contributed by atoms with Crippen LogP contribution in [0.25, 0.3) is 0 Å². The van der Waals surface area contributed by atoms with E-state index in [1.165, 1.54) is 4.88 Å². The minimum atomic E-state index is -4.08. The standard InChI is InChI=1S/C11H17F3N2S/c1-7-6-10(17-8(7)2)9(16-15)4-3-5-11(12,13)14/h6,9,16H,3-5,15H2,1-2H3. The average molecular weight is 266 g/mol. The van der Waals surface area contributed by atoms with Gasteiger partial charge < -0.3 is 0 Å². The number of alkyl halides is 3. The van der Waals surface area contributed by atoms with Crippen molar-refractivity contribution < 1.29 is 13.2 Å². The third-order valence-electron chi connectivity index (χ3n) is 2.68. The molecule has 1 rings (SSSR count). The lowest BCUT2D eigenvalue weighted by molar-refractivity contribution is -0.135. The molecule has 1 heterocycles. The van der Waals surface area contributed by atoms with Gasteiger partial charge in [-0.25, -0.2) is 0 Å². The number of nitrogens with two attached hydrogens (primary N) is 1. The number of nitrogens with one attached hydrogen (secondary N) is 1. The number of thiophene rings is 1. The van der Waals surface area contributed by atoms with Crippen LogP contribution in [0, 0.1) is 13.8 Å². The maximum absolute atomic E-state index is 12.0. The predicted octanol–water partition coefficient (Wildman–Crippen LogP) is 3.60. The lowest BCUT2D eigenvalue weighted by atomic mass is 10.1. The lowest BCUT2D eigenvalue weighted by Crippen LogP contribution is -2.27. The molecule has 0 aromatic carbocycles. The molecule has 3 N–H and O–H groups in total. The summed E-state index contributed by atoms with van der Waals surface area (Å²) in [5, 5.41) is 0. The van der Waals surface area contributed by atoms with Crippen LogP contribution in [-0.4, -0.2) is 6.18 Å². The van der Waals surface area contributed by atoms with E-state index in [0.29, 0.717) is 6.42 Å². The average Bonchev–Trinajstić information content (AvgIpc) is 2.52. The number of hydrazine groups is 1. The second-order valence-corrected chi connectivity index (χ2v) is 5.40. The summed E-state index contributed by atoms with van der Waals surface area (Å²) in [5.74, 6) is 5.39. The molecule has 0 amide bonds. The van der Waals surface area contributed by atoms with Crippen LogP contribution in [0.4, 0.5) is 13.2 Å². The van der Waals surface area contributed by atoms with Gasteiger partial charge in [0, 0.05) is 16.2 Å². The molecule has 0 radical (unpaired) electrons. The van der Waals surface area contributed by atoms with Gasteiger partial charge in [-0.05, 0) is 38.3 Å². The van der Waals surface area contributed by atoms with Crippen molar-refractivity contribution in [2.45, 2.75) is 45.3 Å². The van der Waals surface area contributed by atoms with E-state index in [2.05, 4.69) is 5.43 Å². The van der Waals surface area contributed by atoms with Gasteiger partial charge in [0.1, 0.15) is 0 Å². The molecule has 0 aliphatic carbocycles. The highest BCUT2D eigenvalue weighted by atomic mass is 32.1. The van der Waals surface area contributed by atoms with Gasteiger partial charge in [-0.1, -0.05) is 0 Å². The van der Waals surface area contributed by atoms with E-state index < -0.39 is 12.6 Å². The summed E-state index contributed by atoms with van der Waals surface area (Å²) in [7, 11) is 0. The van der Waals surface area contributed by atoms with Crippen LogP contribution in [0.2, 0.25) is 0 Å². The molecule has 0 saturated carbocycles. The van der Waals surface area contributed by atoms with E-state index in [1.807, 2.05) is 19.9 Å². The summed E-state index contributed by atoms with van der Waals surface area (Å²) in [6, 6.07) is 1.80. The monoisotopic (exact) mass is 266 g/mol. The van der Waals surface area contributed by atoms with Crippen molar-refractivity contribution in [3.05, 3.63) is 21.4 Å². The first kappa shape index (κ1) is 14.5. The normalized spacial score (nSPS) is 14.0. The molecule has 0 aliphatic heterocycles. The van der Waals surface area contributed by atoms with Crippen LogP contribution >= 0.6 is 11.3 Å². The van der Waals surface area contributed by atoms with Crippen molar-refractivity contribution in [3.8, 4) is 0 Å². The predicted molar refractivity (Wildman–Crippen MR) is 63.8 cm³/mol. The SMILES string of the molecule is Cc1cc(C(CCCC(F)(F)F)NN)sc1C. The summed E-state index contributed by atoms with van der Waals surface area (Å²) in [5.41, 5.74) is 3.74. The molecule has 1 unspecified atom stereocenters. The highest BCUT2D eigenvalue weighted by Crippen LogP contribution is 2.30. The Morgan fingerprint density at radius 3 is 2.47 bits per heavy atom. The first-order chi connectivity index (χ1) is 7.83.